The van der Waals surface area contributed by atoms with Gasteiger partial charge in [-0.15, -0.1) is 0 Å². The molecule has 5 rings (SSSR count). The average molecular weight is 625 g/mol. The molecule has 1 aromatic heterocycles. The van der Waals surface area contributed by atoms with Crippen LogP contribution >= 0.6 is 27.5 Å². The zero-order valence-electron chi connectivity index (χ0n) is 23.3. The van der Waals surface area contributed by atoms with E-state index in [0.29, 0.717) is 22.5 Å². The molecule has 8 heteroatoms. The molecule has 40 heavy (non-hydrogen) atoms. The van der Waals surface area contributed by atoms with E-state index in [1.807, 2.05) is 30.3 Å². The highest BCUT2D eigenvalue weighted by molar-refractivity contribution is 9.10. The van der Waals surface area contributed by atoms with Crippen LogP contribution in [0, 0.1) is 5.41 Å². The highest BCUT2D eigenvalue weighted by Gasteiger charge is 2.30. The standard InChI is InChI=1S/C32H35BrClN3O3/c1-32(2)12-11-23(28(18-32)22-7-9-25(34)10-8-22)21-36-13-15-37(16-14-36)29-6-4-5-27(31(38)39-3)30(29)40-26-17-24(33)19-35-20-26/h4-10,17,19-20H,11-16,18,21H2,1-3H3. The molecule has 0 saturated carbocycles. The molecule has 0 unspecified atom stereocenters. The molecule has 2 aromatic carbocycles. The van der Waals surface area contributed by atoms with Crippen molar-refractivity contribution in [2.75, 3.05) is 44.7 Å². The number of benzene rings is 2. The van der Waals surface area contributed by atoms with E-state index in [2.05, 4.69) is 56.7 Å². The molecule has 2 aliphatic rings. The minimum atomic E-state index is -0.430. The van der Waals surface area contributed by atoms with Crippen molar-refractivity contribution in [1.82, 2.24) is 9.88 Å². The summed E-state index contributed by atoms with van der Waals surface area (Å²) in [5.41, 5.74) is 5.86. The maximum atomic E-state index is 12.6. The summed E-state index contributed by atoms with van der Waals surface area (Å²) in [4.78, 5) is 21.7. The molecule has 3 aromatic rings. The van der Waals surface area contributed by atoms with Gasteiger partial charge in [-0.25, -0.2) is 4.79 Å². The number of carbonyl (C=O) groups is 1. The molecule has 1 aliphatic carbocycles. The van der Waals surface area contributed by atoms with E-state index in [-0.39, 0.29) is 0 Å². The van der Waals surface area contributed by atoms with Gasteiger partial charge in [-0.3, -0.25) is 9.88 Å². The van der Waals surface area contributed by atoms with Crippen molar-refractivity contribution in [3.63, 3.8) is 0 Å². The Morgan fingerprint density at radius 3 is 2.52 bits per heavy atom. The summed E-state index contributed by atoms with van der Waals surface area (Å²) in [5.74, 6) is 0.609. The molecule has 1 aliphatic heterocycles. The zero-order valence-corrected chi connectivity index (χ0v) is 25.6. The second-order valence-electron chi connectivity index (χ2n) is 11.3. The number of hydrogen-bond acceptors (Lipinski definition) is 6. The minimum Gasteiger partial charge on any atom is -0.465 e. The summed E-state index contributed by atoms with van der Waals surface area (Å²) < 4.78 is 12.1. The Bertz CT molecular complexity index is 1400. The largest absolute Gasteiger partial charge is 0.465 e. The Morgan fingerprint density at radius 1 is 1.07 bits per heavy atom. The number of rotatable bonds is 7. The molecule has 0 bridgehead atoms. The quantitative estimate of drug-likeness (QED) is 0.250. The Hall–Kier alpha value is -2.87. The molecule has 6 nitrogen and oxygen atoms in total. The summed E-state index contributed by atoms with van der Waals surface area (Å²) in [6.45, 7) is 9.19. The van der Waals surface area contributed by atoms with Crippen LogP contribution in [0.4, 0.5) is 5.69 Å². The van der Waals surface area contributed by atoms with Gasteiger partial charge in [0.2, 0.25) is 0 Å². The van der Waals surface area contributed by atoms with Crippen LogP contribution in [-0.2, 0) is 4.74 Å². The van der Waals surface area contributed by atoms with Gasteiger partial charge >= 0.3 is 5.97 Å². The lowest BCUT2D eigenvalue weighted by molar-refractivity contribution is 0.0598. The number of allylic oxidation sites excluding steroid dienone is 1. The fraction of sp³-hybridized carbons (Fsp3) is 0.375. The minimum absolute atomic E-state index is 0.294. The summed E-state index contributed by atoms with van der Waals surface area (Å²) >= 11 is 9.64. The van der Waals surface area contributed by atoms with Gasteiger partial charge in [0, 0.05) is 48.4 Å². The van der Waals surface area contributed by atoms with Crippen LogP contribution in [0.5, 0.6) is 11.5 Å². The Morgan fingerprint density at radius 2 is 1.82 bits per heavy atom. The number of halogens is 2. The molecule has 1 fully saturated rings. The fourth-order valence-corrected chi connectivity index (χ4v) is 6.07. The Labute approximate surface area is 250 Å². The third kappa shape index (κ3) is 6.70. The highest BCUT2D eigenvalue weighted by Crippen LogP contribution is 2.43. The van der Waals surface area contributed by atoms with Crippen molar-refractivity contribution >= 4 is 44.8 Å². The van der Waals surface area contributed by atoms with Gasteiger partial charge in [0.15, 0.2) is 5.75 Å². The van der Waals surface area contributed by atoms with Crippen molar-refractivity contribution in [2.45, 2.75) is 33.1 Å². The second-order valence-corrected chi connectivity index (χ2v) is 12.6. The van der Waals surface area contributed by atoms with E-state index >= 15 is 0 Å². The van der Waals surface area contributed by atoms with E-state index in [0.717, 1.165) is 60.7 Å². The monoisotopic (exact) mass is 623 g/mol. The predicted octanol–water partition coefficient (Wildman–Crippen LogP) is 7.86. The number of methoxy groups -OCH3 is 1. The van der Waals surface area contributed by atoms with E-state index in [1.165, 1.54) is 30.2 Å². The van der Waals surface area contributed by atoms with Crippen LogP contribution in [0.15, 0.2) is 71.0 Å². The summed E-state index contributed by atoms with van der Waals surface area (Å²) in [6.07, 6.45) is 6.73. The molecular weight excluding hydrogens is 590 g/mol. The van der Waals surface area contributed by atoms with Crippen LogP contribution < -0.4 is 9.64 Å². The summed E-state index contributed by atoms with van der Waals surface area (Å²) in [6, 6.07) is 15.8. The molecule has 210 valence electrons. The van der Waals surface area contributed by atoms with Crippen LogP contribution in [0.3, 0.4) is 0 Å². The lowest BCUT2D eigenvalue weighted by Crippen LogP contribution is -2.47. The first-order valence-electron chi connectivity index (χ1n) is 13.7. The number of anilines is 1. The maximum Gasteiger partial charge on any atom is 0.341 e. The summed E-state index contributed by atoms with van der Waals surface area (Å²) in [7, 11) is 1.39. The first-order valence-corrected chi connectivity index (χ1v) is 14.8. The third-order valence-electron chi connectivity index (χ3n) is 7.81. The molecular formula is C32H35BrClN3O3. The van der Waals surface area contributed by atoms with Crippen LogP contribution in [0.2, 0.25) is 5.02 Å². The number of para-hydroxylation sites is 1. The molecule has 0 amide bonds. The van der Waals surface area contributed by atoms with Crippen LogP contribution in [0.1, 0.15) is 49.0 Å². The smallest absolute Gasteiger partial charge is 0.341 e. The number of ether oxygens (including phenoxy) is 2. The Kier molecular flexibility index (Phi) is 8.83. The topological polar surface area (TPSA) is 54.9 Å². The molecule has 0 atom stereocenters. The number of aromatic nitrogens is 1. The van der Waals surface area contributed by atoms with Gasteiger partial charge in [0.05, 0.1) is 19.0 Å². The number of carbonyl (C=O) groups excluding carboxylic acids is 1. The highest BCUT2D eigenvalue weighted by atomic mass is 79.9. The molecule has 0 radical (unpaired) electrons. The number of piperazine rings is 1. The van der Waals surface area contributed by atoms with E-state index < -0.39 is 5.97 Å². The van der Waals surface area contributed by atoms with Crippen molar-refractivity contribution in [1.29, 1.82) is 0 Å². The predicted molar refractivity (Wildman–Crippen MR) is 164 cm³/mol. The van der Waals surface area contributed by atoms with Crippen molar-refractivity contribution < 1.29 is 14.3 Å². The zero-order chi connectivity index (χ0) is 28.3. The van der Waals surface area contributed by atoms with Crippen LogP contribution in [0.25, 0.3) is 5.57 Å². The fourth-order valence-electron chi connectivity index (χ4n) is 5.60. The van der Waals surface area contributed by atoms with Gasteiger partial charge in [0.1, 0.15) is 11.3 Å². The maximum absolute atomic E-state index is 12.6. The van der Waals surface area contributed by atoms with Gasteiger partial charge in [-0.1, -0.05) is 49.2 Å². The summed E-state index contributed by atoms with van der Waals surface area (Å²) in [5, 5.41) is 0.771. The molecule has 2 heterocycles. The number of pyridine rings is 1. The number of hydrogen-bond donors (Lipinski definition) is 0. The first-order chi connectivity index (χ1) is 19.2. The first kappa shape index (κ1) is 28.7. The lowest BCUT2D eigenvalue weighted by Gasteiger charge is -2.39. The van der Waals surface area contributed by atoms with Crippen LogP contribution in [-0.4, -0.2) is 55.7 Å². The van der Waals surface area contributed by atoms with Crippen molar-refractivity contribution in [3.05, 3.63) is 87.1 Å². The molecule has 0 spiro atoms. The van der Waals surface area contributed by atoms with Gasteiger partial charge in [-0.05, 0) is 82.1 Å². The lowest BCUT2D eigenvalue weighted by atomic mass is 9.72. The van der Waals surface area contributed by atoms with E-state index in [4.69, 9.17) is 21.1 Å². The van der Waals surface area contributed by atoms with Gasteiger partial charge in [0.25, 0.3) is 0 Å². The molecule has 0 N–H and O–H groups in total. The average Bonchev–Trinajstić information content (AvgIpc) is 2.94. The SMILES string of the molecule is COC(=O)c1cccc(N2CCN(CC3=C(c4ccc(Cl)cc4)CC(C)(C)CC3)CC2)c1Oc1cncc(Br)c1. The van der Waals surface area contributed by atoms with Gasteiger partial charge in [-0.2, -0.15) is 0 Å². The molecule has 1 saturated heterocycles. The van der Waals surface area contributed by atoms with Crippen molar-refractivity contribution in [3.8, 4) is 11.5 Å². The number of nitrogens with zero attached hydrogens (tertiary/aromatic N) is 3. The van der Waals surface area contributed by atoms with E-state index in [1.54, 1.807) is 18.5 Å². The third-order valence-corrected chi connectivity index (χ3v) is 8.49. The number of esters is 1. The van der Waals surface area contributed by atoms with Gasteiger partial charge < -0.3 is 14.4 Å². The second kappa shape index (κ2) is 12.3. The normalized spacial score (nSPS) is 17.6. The van der Waals surface area contributed by atoms with Crippen molar-refractivity contribution in [2.24, 2.45) is 5.41 Å². The van der Waals surface area contributed by atoms with E-state index in [9.17, 15) is 4.79 Å². The Balaban J connectivity index is 1.35.